The molecule has 0 atom stereocenters. The van der Waals surface area contributed by atoms with E-state index in [2.05, 4.69) is 10.4 Å². The summed E-state index contributed by atoms with van der Waals surface area (Å²) in [6.07, 6.45) is 6.33. The minimum Gasteiger partial charge on any atom is -0.461 e. The van der Waals surface area contributed by atoms with Crippen LogP contribution in [0.2, 0.25) is 0 Å². The van der Waals surface area contributed by atoms with Crippen LogP contribution < -0.4 is 5.32 Å². The van der Waals surface area contributed by atoms with E-state index < -0.39 is 5.97 Å². The molecule has 1 aliphatic carbocycles. The fourth-order valence-corrected chi connectivity index (χ4v) is 4.37. The Labute approximate surface area is 177 Å². The molecule has 7 heteroatoms. The molecule has 1 N–H and O–H groups in total. The molecule has 0 spiro atoms. The first-order valence-corrected chi connectivity index (χ1v) is 11.0. The highest BCUT2D eigenvalue weighted by atomic mass is 16.5. The molecule has 1 aromatic carbocycles. The summed E-state index contributed by atoms with van der Waals surface area (Å²) < 4.78 is 7.08. The lowest BCUT2D eigenvalue weighted by Crippen LogP contribution is -2.47. The first-order chi connectivity index (χ1) is 14.6. The highest BCUT2D eigenvalue weighted by molar-refractivity contribution is 5.89. The van der Waals surface area contributed by atoms with Crippen molar-refractivity contribution in [2.45, 2.75) is 65.0 Å². The summed E-state index contributed by atoms with van der Waals surface area (Å²) in [5.41, 5.74) is 4.15. The second-order valence-electron chi connectivity index (χ2n) is 8.20. The first kappa shape index (κ1) is 20.4. The third-order valence-corrected chi connectivity index (χ3v) is 6.02. The molecule has 30 heavy (non-hydrogen) atoms. The van der Waals surface area contributed by atoms with Crippen LogP contribution in [0.1, 0.15) is 66.3 Å². The van der Waals surface area contributed by atoms with Crippen molar-refractivity contribution in [1.29, 1.82) is 0 Å². The summed E-state index contributed by atoms with van der Waals surface area (Å²) in [6.45, 7) is 5.08. The molecule has 0 saturated heterocycles. The molecule has 0 unspecified atom stereocenters. The van der Waals surface area contributed by atoms with Gasteiger partial charge in [-0.3, -0.25) is 0 Å². The second kappa shape index (κ2) is 8.90. The van der Waals surface area contributed by atoms with Gasteiger partial charge in [-0.15, -0.1) is 0 Å². The van der Waals surface area contributed by atoms with E-state index in [-0.39, 0.29) is 18.7 Å². The summed E-state index contributed by atoms with van der Waals surface area (Å²) in [4.78, 5) is 27.3. The van der Waals surface area contributed by atoms with Crippen molar-refractivity contribution in [3.63, 3.8) is 0 Å². The fraction of sp³-hybridized carbons (Fsp3) is 0.522. The third-order valence-electron chi connectivity index (χ3n) is 6.02. The van der Waals surface area contributed by atoms with E-state index in [0.717, 1.165) is 35.3 Å². The molecule has 2 heterocycles. The van der Waals surface area contributed by atoms with Crippen LogP contribution in [-0.2, 0) is 17.7 Å². The van der Waals surface area contributed by atoms with Gasteiger partial charge >= 0.3 is 12.0 Å². The SMILES string of the molecule is CCOC(=O)c1nn(-c2ccc(C)cc2)c2c1CN(C(=O)NC1CCCCC1)CC2. The summed E-state index contributed by atoms with van der Waals surface area (Å²) in [5.74, 6) is -0.436. The number of carbonyl (C=O) groups excluding carboxylic acids is 2. The van der Waals surface area contributed by atoms with Gasteiger partial charge in [0, 0.05) is 24.6 Å². The van der Waals surface area contributed by atoms with E-state index in [1.165, 1.54) is 19.3 Å². The van der Waals surface area contributed by atoms with Crippen LogP contribution in [0.4, 0.5) is 4.79 Å². The number of nitrogens with zero attached hydrogens (tertiary/aromatic N) is 3. The van der Waals surface area contributed by atoms with Crippen LogP contribution in [0, 0.1) is 6.92 Å². The number of hydrogen-bond donors (Lipinski definition) is 1. The molecule has 1 aliphatic heterocycles. The zero-order valence-electron chi connectivity index (χ0n) is 17.8. The van der Waals surface area contributed by atoms with Crippen molar-refractivity contribution in [1.82, 2.24) is 20.0 Å². The average Bonchev–Trinajstić information content (AvgIpc) is 3.14. The van der Waals surface area contributed by atoms with Crippen molar-refractivity contribution < 1.29 is 14.3 Å². The molecule has 2 aliphatic rings. The second-order valence-corrected chi connectivity index (χ2v) is 8.20. The van der Waals surface area contributed by atoms with Gasteiger partial charge in [-0.05, 0) is 38.8 Å². The Morgan fingerprint density at radius 2 is 1.90 bits per heavy atom. The zero-order chi connectivity index (χ0) is 21.1. The van der Waals surface area contributed by atoms with Crippen molar-refractivity contribution in [2.75, 3.05) is 13.2 Å². The monoisotopic (exact) mass is 410 g/mol. The zero-order valence-corrected chi connectivity index (χ0v) is 17.8. The van der Waals surface area contributed by atoms with E-state index >= 15 is 0 Å². The summed E-state index contributed by atoms with van der Waals surface area (Å²) in [7, 11) is 0. The summed E-state index contributed by atoms with van der Waals surface area (Å²) in [5, 5.41) is 7.79. The number of rotatable bonds is 4. The van der Waals surface area contributed by atoms with Crippen molar-refractivity contribution in [3.8, 4) is 5.69 Å². The predicted octanol–water partition coefficient (Wildman–Crippen LogP) is 3.76. The number of nitrogens with one attached hydrogen (secondary N) is 1. The number of hydrogen-bond acceptors (Lipinski definition) is 4. The number of amides is 2. The van der Waals surface area contributed by atoms with E-state index in [1.54, 1.807) is 11.8 Å². The molecular weight excluding hydrogens is 380 g/mol. The third kappa shape index (κ3) is 4.20. The summed E-state index contributed by atoms with van der Waals surface area (Å²) in [6, 6.07) is 8.26. The van der Waals surface area contributed by atoms with Gasteiger partial charge in [-0.25, -0.2) is 14.3 Å². The number of carbonyl (C=O) groups is 2. The molecule has 2 amide bonds. The highest BCUT2D eigenvalue weighted by Gasteiger charge is 2.32. The van der Waals surface area contributed by atoms with E-state index in [9.17, 15) is 9.59 Å². The Bertz CT molecular complexity index is 913. The molecular formula is C23H30N4O3. The molecule has 1 saturated carbocycles. The lowest BCUT2D eigenvalue weighted by Gasteiger charge is -2.31. The molecule has 160 valence electrons. The quantitative estimate of drug-likeness (QED) is 0.779. The number of esters is 1. The van der Waals surface area contributed by atoms with Crippen LogP contribution in [0.15, 0.2) is 24.3 Å². The maximum atomic E-state index is 12.9. The Hall–Kier alpha value is -2.83. The van der Waals surface area contributed by atoms with Crippen molar-refractivity contribution in [3.05, 3.63) is 46.8 Å². The topological polar surface area (TPSA) is 76.5 Å². The van der Waals surface area contributed by atoms with Gasteiger partial charge in [0.2, 0.25) is 0 Å². The van der Waals surface area contributed by atoms with E-state index in [4.69, 9.17) is 4.74 Å². The summed E-state index contributed by atoms with van der Waals surface area (Å²) >= 11 is 0. The van der Waals surface area contributed by atoms with Gasteiger partial charge in [0.25, 0.3) is 0 Å². The van der Waals surface area contributed by atoms with Gasteiger partial charge < -0.3 is 15.0 Å². The van der Waals surface area contributed by atoms with Crippen LogP contribution in [0.3, 0.4) is 0 Å². The number of benzene rings is 1. The highest BCUT2D eigenvalue weighted by Crippen LogP contribution is 2.27. The predicted molar refractivity (Wildman–Crippen MR) is 114 cm³/mol. The van der Waals surface area contributed by atoms with E-state index in [0.29, 0.717) is 25.2 Å². The van der Waals surface area contributed by atoms with Crippen molar-refractivity contribution in [2.24, 2.45) is 0 Å². The minimum absolute atomic E-state index is 0.0505. The number of urea groups is 1. The molecule has 2 aromatic rings. The Kier molecular flexibility index (Phi) is 6.06. The van der Waals surface area contributed by atoms with Gasteiger partial charge in [0.05, 0.1) is 24.5 Å². The van der Waals surface area contributed by atoms with Crippen LogP contribution in [-0.4, -0.2) is 45.9 Å². The largest absolute Gasteiger partial charge is 0.461 e. The molecule has 0 radical (unpaired) electrons. The Morgan fingerprint density at radius 3 is 2.60 bits per heavy atom. The Balaban J connectivity index is 1.60. The molecule has 1 fully saturated rings. The standard InChI is InChI=1S/C23H30N4O3/c1-3-30-22(28)21-19-15-26(23(29)24-17-7-5-4-6-8-17)14-13-20(19)27(25-21)18-11-9-16(2)10-12-18/h9-12,17H,3-8,13-15H2,1-2H3,(H,24,29). The number of aryl methyl sites for hydroxylation is 1. The van der Waals surface area contributed by atoms with Crippen molar-refractivity contribution >= 4 is 12.0 Å². The van der Waals surface area contributed by atoms with Gasteiger partial charge in [-0.1, -0.05) is 37.0 Å². The number of fused-ring (bicyclic) bond motifs is 1. The number of aromatic nitrogens is 2. The molecule has 7 nitrogen and oxygen atoms in total. The average molecular weight is 411 g/mol. The first-order valence-electron chi connectivity index (χ1n) is 11.0. The van der Waals surface area contributed by atoms with Crippen LogP contribution in [0.25, 0.3) is 5.69 Å². The normalized spacial score (nSPS) is 16.8. The number of ether oxygens (including phenoxy) is 1. The van der Waals surface area contributed by atoms with Crippen LogP contribution >= 0.6 is 0 Å². The lowest BCUT2D eigenvalue weighted by atomic mass is 9.95. The fourth-order valence-electron chi connectivity index (χ4n) is 4.37. The molecule has 1 aromatic heterocycles. The lowest BCUT2D eigenvalue weighted by molar-refractivity contribution is 0.0516. The Morgan fingerprint density at radius 1 is 1.17 bits per heavy atom. The van der Waals surface area contributed by atoms with Gasteiger partial charge in [0.15, 0.2) is 5.69 Å². The minimum atomic E-state index is -0.436. The molecule has 4 rings (SSSR count). The van der Waals surface area contributed by atoms with Gasteiger partial charge in [0.1, 0.15) is 0 Å². The smallest absolute Gasteiger partial charge is 0.359 e. The maximum absolute atomic E-state index is 12.9. The van der Waals surface area contributed by atoms with E-state index in [1.807, 2.05) is 35.9 Å². The van der Waals surface area contributed by atoms with Gasteiger partial charge in [-0.2, -0.15) is 5.10 Å². The maximum Gasteiger partial charge on any atom is 0.359 e. The molecule has 0 bridgehead atoms. The van der Waals surface area contributed by atoms with Crippen LogP contribution in [0.5, 0.6) is 0 Å².